The molecule has 0 saturated carbocycles. The van der Waals surface area contributed by atoms with Gasteiger partial charge in [0.2, 0.25) is 5.78 Å². The van der Waals surface area contributed by atoms with Crippen LogP contribution in [0.5, 0.6) is 0 Å². The molecule has 1 heterocycles. The van der Waals surface area contributed by atoms with E-state index in [0.29, 0.717) is 6.42 Å². The molecule has 1 atom stereocenters. The lowest BCUT2D eigenvalue weighted by Crippen LogP contribution is -2.48. The molecule has 102 valence electrons. The second-order valence-corrected chi connectivity index (χ2v) is 4.98. The highest BCUT2D eigenvalue weighted by Crippen LogP contribution is 2.11. The average Bonchev–Trinajstić information content (AvgIpc) is 2.37. The van der Waals surface area contributed by atoms with Gasteiger partial charge in [0.1, 0.15) is 0 Å². The first-order chi connectivity index (χ1) is 8.56. The minimum absolute atomic E-state index is 0.318. The molecule has 0 aromatic heterocycles. The third kappa shape index (κ3) is 4.17. The van der Waals surface area contributed by atoms with Crippen molar-refractivity contribution in [2.45, 2.75) is 52.0 Å². The summed E-state index contributed by atoms with van der Waals surface area (Å²) in [5.41, 5.74) is 0.730. The topological polar surface area (TPSA) is 49.4 Å². The van der Waals surface area contributed by atoms with Crippen LogP contribution in [0.2, 0.25) is 0 Å². The fourth-order valence-corrected chi connectivity index (χ4v) is 2.26. The van der Waals surface area contributed by atoms with E-state index in [1.165, 1.54) is 0 Å². The first kappa shape index (κ1) is 14.7. The second-order valence-electron chi connectivity index (χ2n) is 4.98. The highest BCUT2D eigenvalue weighted by molar-refractivity contribution is 6.38. The van der Waals surface area contributed by atoms with Crippen LogP contribution in [0.15, 0.2) is 12.3 Å². The molecule has 0 aromatic rings. The van der Waals surface area contributed by atoms with Crippen LogP contribution in [0.3, 0.4) is 0 Å². The summed E-state index contributed by atoms with van der Waals surface area (Å²) in [4.78, 5) is 26.0. The van der Waals surface area contributed by atoms with Crippen LogP contribution in [0.4, 0.5) is 0 Å². The van der Waals surface area contributed by atoms with E-state index in [-0.39, 0.29) is 11.7 Å². The monoisotopic (exact) mass is 252 g/mol. The quantitative estimate of drug-likeness (QED) is 0.734. The Labute approximate surface area is 109 Å². The highest BCUT2D eigenvalue weighted by atomic mass is 16.2. The van der Waals surface area contributed by atoms with Gasteiger partial charge < -0.3 is 10.2 Å². The summed E-state index contributed by atoms with van der Waals surface area (Å²) in [5, 5.41) is 3.01. The number of allylic oxidation sites excluding steroid dienone is 1. The van der Waals surface area contributed by atoms with Crippen LogP contribution in [0.25, 0.3) is 0 Å². The van der Waals surface area contributed by atoms with Gasteiger partial charge in [0.05, 0.1) is 6.04 Å². The number of hydrogen-bond acceptors (Lipinski definition) is 3. The molecule has 4 heteroatoms. The van der Waals surface area contributed by atoms with E-state index >= 15 is 0 Å². The Kier molecular flexibility index (Phi) is 5.89. The van der Waals surface area contributed by atoms with E-state index in [0.717, 1.165) is 44.5 Å². The molecular formula is C14H24N2O2. The van der Waals surface area contributed by atoms with E-state index in [1.807, 2.05) is 6.92 Å². The lowest BCUT2D eigenvalue weighted by Gasteiger charge is -2.28. The van der Waals surface area contributed by atoms with Crippen molar-refractivity contribution in [2.75, 3.05) is 13.1 Å². The van der Waals surface area contributed by atoms with Crippen molar-refractivity contribution in [3.05, 3.63) is 12.3 Å². The third-order valence-corrected chi connectivity index (χ3v) is 3.17. The predicted molar refractivity (Wildman–Crippen MR) is 72.1 cm³/mol. The van der Waals surface area contributed by atoms with Crippen molar-refractivity contribution in [1.29, 1.82) is 0 Å². The van der Waals surface area contributed by atoms with Gasteiger partial charge in [0.25, 0.3) is 5.91 Å². The summed E-state index contributed by atoms with van der Waals surface area (Å²) >= 11 is 0. The van der Waals surface area contributed by atoms with E-state index in [1.54, 1.807) is 11.8 Å². The number of carbonyl (C=O) groups excluding carboxylic acids is 2. The van der Waals surface area contributed by atoms with Crippen molar-refractivity contribution < 1.29 is 9.59 Å². The summed E-state index contributed by atoms with van der Waals surface area (Å²) in [6, 6.07) is -0.415. The Balaban J connectivity index is 2.62. The zero-order valence-corrected chi connectivity index (χ0v) is 11.5. The van der Waals surface area contributed by atoms with Gasteiger partial charge in [-0.15, -0.1) is 0 Å². The van der Waals surface area contributed by atoms with Gasteiger partial charge in [0.15, 0.2) is 0 Å². The Morgan fingerprint density at radius 2 is 1.89 bits per heavy atom. The number of piperidine rings is 1. The van der Waals surface area contributed by atoms with Crippen molar-refractivity contribution >= 4 is 11.7 Å². The molecule has 1 aliphatic rings. The Morgan fingerprint density at radius 1 is 1.28 bits per heavy atom. The second kappa shape index (κ2) is 7.19. The summed E-state index contributed by atoms with van der Waals surface area (Å²) in [6.07, 6.45) is 4.70. The van der Waals surface area contributed by atoms with Crippen molar-refractivity contribution in [1.82, 2.24) is 10.2 Å². The molecule has 4 nitrogen and oxygen atoms in total. The summed E-state index contributed by atoms with van der Waals surface area (Å²) in [7, 11) is 0. The maximum absolute atomic E-state index is 12.2. The van der Waals surface area contributed by atoms with Crippen LogP contribution in [0, 0.1) is 0 Å². The minimum Gasteiger partial charge on any atom is -0.379 e. The van der Waals surface area contributed by atoms with Crippen LogP contribution < -0.4 is 5.32 Å². The van der Waals surface area contributed by atoms with Gasteiger partial charge >= 0.3 is 0 Å². The number of amides is 1. The number of ketones is 1. The number of likely N-dealkylation sites (tertiary alicyclic amines) is 1. The highest BCUT2D eigenvalue weighted by Gasteiger charge is 2.29. The maximum atomic E-state index is 12.2. The first-order valence-corrected chi connectivity index (χ1v) is 6.81. The van der Waals surface area contributed by atoms with Gasteiger partial charge in [-0.1, -0.05) is 19.9 Å². The third-order valence-electron chi connectivity index (χ3n) is 3.17. The Morgan fingerprint density at radius 3 is 2.39 bits per heavy atom. The standard InChI is InChI=1S/C14H24N2O2/c1-4-8-12(15-11(2)3)13(17)14(18)16-9-6-5-7-10-16/h12,15H,2,4-10H2,1,3H3. The van der Waals surface area contributed by atoms with E-state index in [2.05, 4.69) is 11.9 Å². The van der Waals surface area contributed by atoms with Gasteiger partial charge in [0, 0.05) is 18.8 Å². The molecule has 0 aliphatic carbocycles. The summed E-state index contributed by atoms with van der Waals surface area (Å²) in [5.74, 6) is -0.649. The number of hydrogen-bond donors (Lipinski definition) is 1. The fraction of sp³-hybridized carbons (Fsp3) is 0.714. The van der Waals surface area contributed by atoms with Crippen molar-refractivity contribution in [3.8, 4) is 0 Å². The molecule has 0 bridgehead atoms. The normalized spacial score (nSPS) is 17.1. The summed E-state index contributed by atoms with van der Waals surface area (Å²) in [6.45, 7) is 8.99. The number of rotatable bonds is 6. The van der Waals surface area contributed by atoms with Gasteiger partial charge in [-0.25, -0.2) is 0 Å². The minimum atomic E-state index is -0.415. The predicted octanol–water partition coefficient (Wildman–Crippen LogP) is 1.86. The molecule has 1 unspecified atom stereocenters. The number of Topliss-reactive ketones (excluding diaryl/α,β-unsaturated/α-hetero) is 1. The Bertz CT molecular complexity index is 320. The van der Waals surface area contributed by atoms with E-state index in [4.69, 9.17) is 0 Å². The van der Waals surface area contributed by atoms with Crippen LogP contribution in [-0.4, -0.2) is 35.7 Å². The average molecular weight is 252 g/mol. The van der Waals surface area contributed by atoms with E-state index < -0.39 is 6.04 Å². The molecule has 18 heavy (non-hydrogen) atoms. The largest absolute Gasteiger partial charge is 0.379 e. The molecule has 1 amide bonds. The van der Waals surface area contributed by atoms with Crippen LogP contribution in [-0.2, 0) is 9.59 Å². The summed E-state index contributed by atoms with van der Waals surface area (Å²) < 4.78 is 0. The lowest BCUT2D eigenvalue weighted by molar-refractivity contribution is -0.146. The zero-order chi connectivity index (χ0) is 13.5. The van der Waals surface area contributed by atoms with E-state index in [9.17, 15) is 9.59 Å². The molecule has 0 aromatic carbocycles. The Hall–Kier alpha value is -1.32. The number of carbonyl (C=O) groups is 2. The maximum Gasteiger partial charge on any atom is 0.292 e. The molecular weight excluding hydrogens is 228 g/mol. The van der Waals surface area contributed by atoms with Crippen molar-refractivity contribution in [2.24, 2.45) is 0 Å². The van der Waals surface area contributed by atoms with Crippen LogP contribution >= 0.6 is 0 Å². The molecule has 1 saturated heterocycles. The van der Waals surface area contributed by atoms with Crippen LogP contribution in [0.1, 0.15) is 46.0 Å². The SMILES string of the molecule is C=C(C)NC(CCC)C(=O)C(=O)N1CCCCC1. The van der Waals surface area contributed by atoms with Crippen molar-refractivity contribution in [3.63, 3.8) is 0 Å². The molecule has 0 spiro atoms. The number of nitrogens with one attached hydrogen (secondary N) is 1. The zero-order valence-electron chi connectivity index (χ0n) is 11.5. The van der Waals surface area contributed by atoms with Gasteiger partial charge in [-0.2, -0.15) is 0 Å². The molecule has 0 radical (unpaired) electrons. The fourth-order valence-electron chi connectivity index (χ4n) is 2.26. The first-order valence-electron chi connectivity index (χ1n) is 6.81. The molecule has 1 rings (SSSR count). The molecule has 1 aliphatic heterocycles. The van der Waals surface area contributed by atoms with Gasteiger partial charge in [-0.3, -0.25) is 9.59 Å². The molecule has 1 N–H and O–H groups in total. The van der Waals surface area contributed by atoms with Gasteiger partial charge in [-0.05, 0) is 32.6 Å². The number of nitrogens with zero attached hydrogens (tertiary/aromatic N) is 1. The smallest absolute Gasteiger partial charge is 0.292 e. The lowest BCUT2D eigenvalue weighted by atomic mass is 10.0. The molecule has 1 fully saturated rings.